The largest absolute Gasteiger partial charge is 0.465 e. The molecule has 0 bridgehead atoms. The molecular formula is C16H20ClNO. The molecule has 0 fully saturated rings. The van der Waals surface area contributed by atoms with E-state index in [4.69, 9.17) is 16.0 Å². The summed E-state index contributed by atoms with van der Waals surface area (Å²) in [5.74, 6) is 1.94. The highest BCUT2D eigenvalue weighted by Crippen LogP contribution is 2.17. The van der Waals surface area contributed by atoms with Crippen LogP contribution in [0.5, 0.6) is 0 Å². The molecule has 0 amide bonds. The van der Waals surface area contributed by atoms with E-state index < -0.39 is 0 Å². The molecule has 0 radical (unpaired) electrons. The summed E-state index contributed by atoms with van der Waals surface area (Å²) in [7, 11) is 0. The average Bonchev–Trinajstić information content (AvgIpc) is 2.79. The first-order chi connectivity index (χ1) is 9.04. The molecule has 0 saturated carbocycles. The zero-order valence-corrected chi connectivity index (χ0v) is 12.4. The summed E-state index contributed by atoms with van der Waals surface area (Å²) in [6.07, 6.45) is 0.973. The number of hydrogen-bond donors (Lipinski definition) is 1. The van der Waals surface area contributed by atoms with Gasteiger partial charge in [0.1, 0.15) is 11.5 Å². The standard InChI is InChI=1S/C16H20ClNO/c1-11(10-14-5-7-15(17)8-6-14)18-13(3)16-9-4-12(2)19-16/h4-9,11,13,18H,10H2,1-3H3. The molecular weight excluding hydrogens is 258 g/mol. The second kappa shape index (κ2) is 6.27. The van der Waals surface area contributed by atoms with Crippen molar-refractivity contribution in [3.05, 3.63) is 58.5 Å². The van der Waals surface area contributed by atoms with Gasteiger partial charge in [-0.3, -0.25) is 0 Å². The second-order valence-electron chi connectivity index (χ2n) is 5.07. The third-order valence-electron chi connectivity index (χ3n) is 3.18. The number of rotatable bonds is 5. The van der Waals surface area contributed by atoms with Crippen LogP contribution in [0.3, 0.4) is 0 Å². The van der Waals surface area contributed by atoms with Gasteiger partial charge in [-0.15, -0.1) is 0 Å². The Hall–Kier alpha value is -1.25. The van der Waals surface area contributed by atoms with Crippen LogP contribution in [0.25, 0.3) is 0 Å². The van der Waals surface area contributed by atoms with E-state index in [0.717, 1.165) is 23.0 Å². The van der Waals surface area contributed by atoms with Crippen molar-refractivity contribution in [2.24, 2.45) is 0 Å². The van der Waals surface area contributed by atoms with E-state index in [1.54, 1.807) is 0 Å². The fourth-order valence-corrected chi connectivity index (χ4v) is 2.35. The van der Waals surface area contributed by atoms with E-state index in [1.807, 2.05) is 31.2 Å². The summed E-state index contributed by atoms with van der Waals surface area (Å²) < 4.78 is 5.63. The molecule has 0 spiro atoms. The lowest BCUT2D eigenvalue weighted by molar-refractivity contribution is 0.387. The molecule has 2 nitrogen and oxygen atoms in total. The van der Waals surface area contributed by atoms with Gasteiger partial charge in [0.15, 0.2) is 0 Å². The summed E-state index contributed by atoms with van der Waals surface area (Å²) in [6, 6.07) is 12.6. The second-order valence-corrected chi connectivity index (χ2v) is 5.50. The van der Waals surface area contributed by atoms with E-state index in [0.29, 0.717) is 6.04 Å². The topological polar surface area (TPSA) is 25.2 Å². The number of benzene rings is 1. The van der Waals surface area contributed by atoms with Gasteiger partial charge in [0, 0.05) is 11.1 Å². The minimum atomic E-state index is 0.219. The van der Waals surface area contributed by atoms with Gasteiger partial charge in [-0.1, -0.05) is 23.7 Å². The van der Waals surface area contributed by atoms with Crippen molar-refractivity contribution in [1.29, 1.82) is 0 Å². The molecule has 102 valence electrons. The Morgan fingerprint density at radius 3 is 2.37 bits per heavy atom. The SMILES string of the molecule is Cc1ccc(C(C)NC(C)Cc2ccc(Cl)cc2)o1. The fourth-order valence-electron chi connectivity index (χ4n) is 2.23. The van der Waals surface area contributed by atoms with Crippen LogP contribution in [-0.2, 0) is 6.42 Å². The fraction of sp³-hybridized carbons (Fsp3) is 0.375. The van der Waals surface area contributed by atoms with E-state index in [9.17, 15) is 0 Å². The third kappa shape index (κ3) is 4.12. The van der Waals surface area contributed by atoms with Crippen molar-refractivity contribution < 1.29 is 4.42 Å². The molecule has 2 rings (SSSR count). The minimum absolute atomic E-state index is 0.219. The predicted molar refractivity (Wildman–Crippen MR) is 79.6 cm³/mol. The van der Waals surface area contributed by atoms with Crippen LogP contribution >= 0.6 is 11.6 Å². The third-order valence-corrected chi connectivity index (χ3v) is 3.43. The molecule has 1 heterocycles. The molecule has 19 heavy (non-hydrogen) atoms. The van der Waals surface area contributed by atoms with E-state index in [1.165, 1.54) is 5.56 Å². The monoisotopic (exact) mass is 277 g/mol. The van der Waals surface area contributed by atoms with Crippen LogP contribution < -0.4 is 5.32 Å². The number of aryl methyl sites for hydroxylation is 1. The highest BCUT2D eigenvalue weighted by Gasteiger charge is 2.12. The highest BCUT2D eigenvalue weighted by atomic mass is 35.5. The molecule has 1 aromatic carbocycles. The molecule has 1 N–H and O–H groups in total. The molecule has 0 aliphatic rings. The summed E-state index contributed by atoms with van der Waals surface area (Å²) in [5.41, 5.74) is 1.28. The first-order valence-electron chi connectivity index (χ1n) is 6.61. The van der Waals surface area contributed by atoms with Crippen LogP contribution in [0.15, 0.2) is 40.8 Å². The predicted octanol–water partition coefficient (Wildman–Crippen LogP) is 4.52. The van der Waals surface area contributed by atoms with Gasteiger partial charge in [-0.25, -0.2) is 0 Å². The van der Waals surface area contributed by atoms with Crippen LogP contribution in [-0.4, -0.2) is 6.04 Å². The lowest BCUT2D eigenvalue weighted by Crippen LogP contribution is -2.30. The van der Waals surface area contributed by atoms with E-state index in [-0.39, 0.29) is 6.04 Å². The molecule has 2 unspecified atom stereocenters. The van der Waals surface area contributed by atoms with Crippen LogP contribution in [0.1, 0.15) is 37.0 Å². The summed E-state index contributed by atoms with van der Waals surface area (Å²) in [4.78, 5) is 0. The van der Waals surface area contributed by atoms with Crippen molar-refractivity contribution in [3.8, 4) is 0 Å². The number of halogens is 1. The Morgan fingerprint density at radius 1 is 1.11 bits per heavy atom. The van der Waals surface area contributed by atoms with E-state index >= 15 is 0 Å². The van der Waals surface area contributed by atoms with Crippen LogP contribution in [0, 0.1) is 6.92 Å². The molecule has 2 atom stereocenters. The van der Waals surface area contributed by atoms with Gasteiger partial charge >= 0.3 is 0 Å². The van der Waals surface area contributed by atoms with Crippen LogP contribution in [0.2, 0.25) is 5.02 Å². The average molecular weight is 278 g/mol. The summed E-state index contributed by atoms with van der Waals surface area (Å²) in [6.45, 7) is 6.27. The van der Waals surface area contributed by atoms with Crippen molar-refractivity contribution >= 4 is 11.6 Å². The van der Waals surface area contributed by atoms with Crippen LogP contribution in [0.4, 0.5) is 0 Å². The Balaban J connectivity index is 1.90. The maximum absolute atomic E-state index is 5.89. The first-order valence-corrected chi connectivity index (χ1v) is 6.99. The summed E-state index contributed by atoms with van der Waals surface area (Å²) in [5, 5.41) is 4.33. The van der Waals surface area contributed by atoms with Gasteiger partial charge in [0.05, 0.1) is 6.04 Å². The molecule has 3 heteroatoms. The van der Waals surface area contributed by atoms with Gasteiger partial charge in [0.25, 0.3) is 0 Å². The minimum Gasteiger partial charge on any atom is -0.465 e. The molecule has 2 aromatic rings. The highest BCUT2D eigenvalue weighted by molar-refractivity contribution is 6.30. The normalized spacial score (nSPS) is 14.3. The first kappa shape index (κ1) is 14.2. The van der Waals surface area contributed by atoms with Crippen molar-refractivity contribution in [3.63, 3.8) is 0 Å². The van der Waals surface area contributed by atoms with Gasteiger partial charge in [-0.2, -0.15) is 0 Å². The molecule has 1 aromatic heterocycles. The number of furan rings is 1. The number of hydrogen-bond acceptors (Lipinski definition) is 2. The Labute approximate surface area is 119 Å². The van der Waals surface area contributed by atoms with Gasteiger partial charge < -0.3 is 9.73 Å². The van der Waals surface area contributed by atoms with Gasteiger partial charge in [0.2, 0.25) is 0 Å². The van der Waals surface area contributed by atoms with E-state index in [2.05, 4.69) is 31.3 Å². The maximum atomic E-state index is 5.89. The smallest absolute Gasteiger partial charge is 0.120 e. The van der Waals surface area contributed by atoms with Crippen molar-refractivity contribution in [2.45, 2.75) is 39.3 Å². The number of nitrogens with one attached hydrogen (secondary N) is 1. The van der Waals surface area contributed by atoms with Gasteiger partial charge in [-0.05, 0) is 57.0 Å². The van der Waals surface area contributed by atoms with Crippen molar-refractivity contribution in [1.82, 2.24) is 5.32 Å². The molecule has 0 aliphatic heterocycles. The quantitative estimate of drug-likeness (QED) is 0.869. The zero-order valence-electron chi connectivity index (χ0n) is 11.6. The molecule has 0 aliphatic carbocycles. The summed E-state index contributed by atoms with van der Waals surface area (Å²) >= 11 is 5.89. The molecule has 0 saturated heterocycles. The Bertz CT molecular complexity index is 518. The van der Waals surface area contributed by atoms with Crippen molar-refractivity contribution in [2.75, 3.05) is 0 Å². The maximum Gasteiger partial charge on any atom is 0.120 e. The Kier molecular flexibility index (Phi) is 4.67. The lowest BCUT2D eigenvalue weighted by atomic mass is 10.1. The zero-order chi connectivity index (χ0) is 13.8. The Morgan fingerprint density at radius 2 is 1.79 bits per heavy atom. The lowest BCUT2D eigenvalue weighted by Gasteiger charge is -2.18.